The van der Waals surface area contributed by atoms with E-state index in [0.717, 1.165) is 16.7 Å². The Balaban J connectivity index is 2.04. The van der Waals surface area contributed by atoms with Gasteiger partial charge in [0.25, 0.3) is 5.56 Å². The fraction of sp³-hybridized carbons (Fsp3) is 0.391. The maximum atomic E-state index is 13.5. The first kappa shape index (κ1) is 22.2. The average molecular weight is 428 g/mol. The molecule has 0 bridgehead atoms. The van der Waals surface area contributed by atoms with E-state index in [0.29, 0.717) is 21.6 Å². The van der Waals surface area contributed by atoms with Crippen molar-refractivity contribution in [3.05, 3.63) is 69.3 Å². The number of nitrogens with zero attached hydrogens (tertiary/aromatic N) is 2. The minimum atomic E-state index is -3.77. The lowest BCUT2D eigenvalue weighted by Crippen LogP contribution is -2.33. The van der Waals surface area contributed by atoms with Crippen molar-refractivity contribution < 1.29 is 8.42 Å². The van der Waals surface area contributed by atoms with Gasteiger partial charge in [0.2, 0.25) is 10.0 Å². The molecule has 160 valence electrons. The smallest absolute Gasteiger partial charge is 0.258 e. The van der Waals surface area contributed by atoms with Crippen molar-refractivity contribution >= 4 is 20.9 Å². The van der Waals surface area contributed by atoms with Crippen molar-refractivity contribution in [1.29, 1.82) is 0 Å². The summed E-state index contributed by atoms with van der Waals surface area (Å²) in [6.45, 7) is 12.0. The molecule has 0 atom stereocenters. The number of aromatic amines is 1. The number of benzene rings is 2. The molecule has 0 fully saturated rings. The molecule has 0 aliphatic carbocycles. The minimum absolute atomic E-state index is 0.00118. The van der Waals surface area contributed by atoms with Crippen molar-refractivity contribution in [2.75, 3.05) is 6.54 Å². The fourth-order valence-electron chi connectivity index (χ4n) is 3.66. The van der Waals surface area contributed by atoms with E-state index in [4.69, 9.17) is 0 Å². The first-order valence-electron chi connectivity index (χ1n) is 10.0. The quantitative estimate of drug-likeness (QED) is 0.666. The van der Waals surface area contributed by atoms with E-state index >= 15 is 0 Å². The van der Waals surface area contributed by atoms with Gasteiger partial charge < -0.3 is 4.98 Å². The zero-order valence-electron chi connectivity index (χ0n) is 18.4. The monoisotopic (exact) mass is 427 g/mol. The first-order valence-corrected chi connectivity index (χ1v) is 11.5. The van der Waals surface area contributed by atoms with Crippen molar-refractivity contribution in [3.8, 4) is 0 Å². The Morgan fingerprint density at radius 1 is 1.07 bits per heavy atom. The largest absolute Gasteiger partial charge is 0.309 e. The number of hydrogen-bond acceptors (Lipinski definition) is 4. The second-order valence-electron chi connectivity index (χ2n) is 8.65. The Morgan fingerprint density at radius 2 is 1.67 bits per heavy atom. The normalized spacial score (nSPS) is 12.6. The van der Waals surface area contributed by atoms with Crippen molar-refractivity contribution in [2.24, 2.45) is 0 Å². The summed E-state index contributed by atoms with van der Waals surface area (Å²) in [6.07, 6.45) is 0. The molecule has 0 spiro atoms. The molecule has 6 nitrogen and oxygen atoms in total. The van der Waals surface area contributed by atoms with Gasteiger partial charge in [-0.05, 0) is 48.1 Å². The number of aromatic nitrogens is 2. The van der Waals surface area contributed by atoms with Crippen LogP contribution in [0, 0.1) is 13.8 Å². The Morgan fingerprint density at radius 3 is 2.23 bits per heavy atom. The van der Waals surface area contributed by atoms with Gasteiger partial charge in [-0.25, -0.2) is 13.4 Å². The molecule has 2 aromatic carbocycles. The molecule has 1 aromatic heterocycles. The number of sulfonamides is 1. The van der Waals surface area contributed by atoms with Crippen LogP contribution in [0.4, 0.5) is 0 Å². The van der Waals surface area contributed by atoms with Gasteiger partial charge in [-0.3, -0.25) is 4.79 Å². The lowest BCUT2D eigenvalue weighted by molar-refractivity contribution is 0.413. The lowest BCUT2D eigenvalue weighted by atomic mass is 9.85. The van der Waals surface area contributed by atoms with Crippen LogP contribution < -0.4 is 5.56 Å². The maximum absolute atomic E-state index is 13.5. The van der Waals surface area contributed by atoms with Gasteiger partial charge in [0.1, 0.15) is 5.82 Å². The molecule has 1 heterocycles. The van der Waals surface area contributed by atoms with Crippen LogP contribution in [-0.2, 0) is 22.0 Å². The van der Waals surface area contributed by atoms with Crippen LogP contribution in [0.5, 0.6) is 0 Å². The van der Waals surface area contributed by atoms with E-state index < -0.39 is 10.0 Å². The standard InChI is InChI=1S/C23H29N3O3S/c1-7-26(14-20-24-19-11-9-8-10-18(19)22(27)25-20)30(28,29)21-15(2)12-17(13-16(21)3)23(4,5)6/h8-13H,7,14H2,1-6H3,(H,24,25,27). The van der Waals surface area contributed by atoms with Crippen LogP contribution in [-0.4, -0.2) is 29.2 Å². The molecule has 0 radical (unpaired) electrons. The number of fused-ring (bicyclic) bond motifs is 1. The topological polar surface area (TPSA) is 83.1 Å². The van der Waals surface area contributed by atoms with Crippen LogP contribution in [0.3, 0.4) is 0 Å². The van der Waals surface area contributed by atoms with Gasteiger partial charge in [0.15, 0.2) is 0 Å². The number of hydrogen-bond donors (Lipinski definition) is 1. The molecule has 3 aromatic rings. The Bertz CT molecular complexity index is 1230. The van der Waals surface area contributed by atoms with Crippen LogP contribution in [0.1, 0.15) is 50.2 Å². The summed E-state index contributed by atoms with van der Waals surface area (Å²) in [4.78, 5) is 19.9. The molecule has 0 aliphatic heterocycles. The third kappa shape index (κ3) is 4.18. The average Bonchev–Trinajstić information content (AvgIpc) is 2.64. The van der Waals surface area contributed by atoms with Gasteiger partial charge in [0.05, 0.1) is 22.3 Å². The highest BCUT2D eigenvalue weighted by molar-refractivity contribution is 7.89. The zero-order valence-corrected chi connectivity index (χ0v) is 19.2. The summed E-state index contributed by atoms with van der Waals surface area (Å²) < 4.78 is 28.4. The highest BCUT2D eigenvalue weighted by Gasteiger charge is 2.29. The minimum Gasteiger partial charge on any atom is -0.309 e. The van der Waals surface area contributed by atoms with E-state index in [1.165, 1.54) is 4.31 Å². The van der Waals surface area contributed by atoms with E-state index in [2.05, 4.69) is 30.7 Å². The number of rotatable bonds is 5. The van der Waals surface area contributed by atoms with Crippen LogP contribution in [0.15, 0.2) is 46.1 Å². The summed E-state index contributed by atoms with van der Waals surface area (Å²) >= 11 is 0. The van der Waals surface area contributed by atoms with Crippen molar-refractivity contribution in [3.63, 3.8) is 0 Å². The molecular weight excluding hydrogens is 398 g/mol. The molecule has 0 saturated carbocycles. The van der Waals surface area contributed by atoms with Crippen molar-refractivity contribution in [1.82, 2.24) is 14.3 Å². The third-order valence-corrected chi connectivity index (χ3v) is 7.49. The third-order valence-electron chi connectivity index (χ3n) is 5.26. The maximum Gasteiger partial charge on any atom is 0.258 e. The summed E-state index contributed by atoms with van der Waals surface area (Å²) in [5.41, 5.74) is 2.74. The molecule has 0 unspecified atom stereocenters. The van der Waals surface area contributed by atoms with E-state index in [9.17, 15) is 13.2 Å². The van der Waals surface area contributed by atoms with E-state index in [1.807, 2.05) is 26.0 Å². The molecule has 0 amide bonds. The van der Waals surface area contributed by atoms with Crippen LogP contribution >= 0.6 is 0 Å². The van der Waals surface area contributed by atoms with E-state index in [1.54, 1.807) is 31.2 Å². The highest BCUT2D eigenvalue weighted by Crippen LogP contribution is 2.31. The fourth-order valence-corrected chi connectivity index (χ4v) is 5.48. The number of H-pyrrole nitrogens is 1. The molecular formula is C23H29N3O3S. The summed E-state index contributed by atoms with van der Waals surface area (Å²) in [7, 11) is -3.77. The Hall–Kier alpha value is -2.51. The van der Waals surface area contributed by atoms with Gasteiger partial charge in [0, 0.05) is 6.54 Å². The molecule has 0 saturated heterocycles. The molecule has 3 rings (SSSR count). The van der Waals surface area contributed by atoms with Gasteiger partial charge in [-0.1, -0.05) is 52.0 Å². The predicted molar refractivity (Wildman–Crippen MR) is 120 cm³/mol. The van der Waals surface area contributed by atoms with E-state index in [-0.39, 0.29) is 24.1 Å². The summed E-state index contributed by atoms with van der Waals surface area (Å²) in [5.74, 6) is 0.325. The van der Waals surface area contributed by atoms with Crippen LogP contribution in [0.25, 0.3) is 10.9 Å². The van der Waals surface area contributed by atoms with Gasteiger partial charge in [-0.15, -0.1) is 0 Å². The van der Waals surface area contributed by atoms with Gasteiger partial charge in [-0.2, -0.15) is 4.31 Å². The highest BCUT2D eigenvalue weighted by atomic mass is 32.2. The second-order valence-corrected chi connectivity index (χ2v) is 10.5. The predicted octanol–water partition coefficient (Wildman–Crippen LogP) is 4.05. The molecule has 30 heavy (non-hydrogen) atoms. The summed E-state index contributed by atoms with van der Waals surface area (Å²) in [6, 6.07) is 10.9. The number of nitrogens with one attached hydrogen (secondary N) is 1. The van der Waals surface area contributed by atoms with Gasteiger partial charge >= 0.3 is 0 Å². The first-order chi connectivity index (χ1) is 13.9. The summed E-state index contributed by atoms with van der Waals surface area (Å²) in [5, 5.41) is 0.483. The SMILES string of the molecule is CCN(Cc1nc2ccccc2c(=O)[nH]1)S(=O)(=O)c1c(C)cc(C(C)(C)C)cc1C. The molecule has 7 heteroatoms. The van der Waals surface area contributed by atoms with Crippen LogP contribution in [0.2, 0.25) is 0 Å². The number of aryl methyl sites for hydroxylation is 2. The Kier molecular flexibility index (Phi) is 5.89. The molecule has 1 N–H and O–H groups in total. The Labute approximate surface area is 178 Å². The van der Waals surface area contributed by atoms with Crippen molar-refractivity contribution in [2.45, 2.75) is 58.4 Å². The second kappa shape index (κ2) is 7.96. The lowest BCUT2D eigenvalue weighted by Gasteiger charge is -2.25. The number of para-hydroxylation sites is 1. The zero-order chi connectivity index (χ0) is 22.3. The molecule has 0 aliphatic rings.